The number of carboxylic acid groups (broad SMARTS) is 1. The molecule has 0 saturated heterocycles. The summed E-state index contributed by atoms with van der Waals surface area (Å²) in [4.78, 5) is 24.8. The average Bonchev–Trinajstić information content (AvgIpc) is 2.53. The first-order valence-corrected chi connectivity index (χ1v) is 9.61. The van der Waals surface area contributed by atoms with E-state index in [4.69, 9.17) is 5.11 Å². The molecule has 0 aliphatic rings. The monoisotopic (exact) mass is 327 g/mol. The van der Waals surface area contributed by atoms with E-state index in [9.17, 15) is 9.59 Å². The molecule has 0 aromatic carbocycles. The molecule has 0 fully saturated rings. The van der Waals surface area contributed by atoms with E-state index in [0.29, 0.717) is 19.5 Å². The van der Waals surface area contributed by atoms with E-state index in [0.717, 1.165) is 32.1 Å². The van der Waals surface area contributed by atoms with Crippen LogP contribution < -0.4 is 0 Å². The van der Waals surface area contributed by atoms with Gasteiger partial charge in [-0.1, -0.05) is 71.6 Å². The van der Waals surface area contributed by atoms with Crippen LogP contribution in [0.5, 0.6) is 0 Å². The third kappa shape index (κ3) is 14.3. The van der Waals surface area contributed by atoms with Gasteiger partial charge in [0.05, 0.1) is 6.42 Å². The zero-order valence-corrected chi connectivity index (χ0v) is 15.3. The molecule has 0 spiro atoms. The highest BCUT2D eigenvalue weighted by Crippen LogP contribution is 2.10. The van der Waals surface area contributed by atoms with Crippen LogP contribution in [0.25, 0.3) is 0 Å². The number of rotatable bonds is 16. The Labute approximate surface area is 142 Å². The van der Waals surface area contributed by atoms with Gasteiger partial charge in [-0.25, -0.2) is 0 Å². The van der Waals surface area contributed by atoms with E-state index in [2.05, 4.69) is 13.8 Å². The van der Waals surface area contributed by atoms with Crippen molar-refractivity contribution in [3.8, 4) is 0 Å². The zero-order valence-electron chi connectivity index (χ0n) is 15.3. The van der Waals surface area contributed by atoms with Crippen molar-refractivity contribution in [2.24, 2.45) is 0 Å². The molecular formula is C19H37NO3. The standard InChI is InChI=1S/C19H37NO3/c1-3-5-7-9-10-11-13-16-20(17-15-19(22)23)18(21)14-12-8-6-4-2/h3-17H2,1-2H3,(H,22,23). The smallest absolute Gasteiger partial charge is 0.305 e. The summed E-state index contributed by atoms with van der Waals surface area (Å²) in [5, 5.41) is 8.84. The fraction of sp³-hybridized carbons (Fsp3) is 0.895. The van der Waals surface area contributed by atoms with Crippen molar-refractivity contribution in [2.45, 2.75) is 97.3 Å². The number of carboxylic acids is 1. The van der Waals surface area contributed by atoms with Gasteiger partial charge in [-0.15, -0.1) is 0 Å². The van der Waals surface area contributed by atoms with Crippen molar-refractivity contribution in [2.75, 3.05) is 13.1 Å². The largest absolute Gasteiger partial charge is 0.481 e. The van der Waals surface area contributed by atoms with Crippen LogP contribution in [-0.4, -0.2) is 35.0 Å². The maximum atomic E-state index is 12.3. The number of carbonyl (C=O) groups excluding carboxylic acids is 1. The number of hydrogen-bond donors (Lipinski definition) is 1. The van der Waals surface area contributed by atoms with Crippen molar-refractivity contribution in [1.82, 2.24) is 4.90 Å². The summed E-state index contributed by atoms with van der Waals surface area (Å²) in [6.45, 7) is 5.44. The highest BCUT2D eigenvalue weighted by Gasteiger charge is 2.14. The maximum absolute atomic E-state index is 12.3. The number of amides is 1. The van der Waals surface area contributed by atoms with Crippen LogP contribution in [0.4, 0.5) is 0 Å². The van der Waals surface area contributed by atoms with E-state index in [-0.39, 0.29) is 12.3 Å². The van der Waals surface area contributed by atoms with Crippen LogP contribution in [0.3, 0.4) is 0 Å². The van der Waals surface area contributed by atoms with Gasteiger partial charge in [0.1, 0.15) is 0 Å². The van der Waals surface area contributed by atoms with Gasteiger partial charge in [-0.2, -0.15) is 0 Å². The second-order valence-corrected chi connectivity index (χ2v) is 6.46. The average molecular weight is 328 g/mol. The van der Waals surface area contributed by atoms with Crippen LogP contribution in [-0.2, 0) is 9.59 Å². The van der Waals surface area contributed by atoms with Crippen LogP contribution in [0, 0.1) is 0 Å². The lowest BCUT2D eigenvalue weighted by Gasteiger charge is -2.22. The molecule has 0 atom stereocenters. The Morgan fingerprint density at radius 1 is 0.696 bits per heavy atom. The highest BCUT2D eigenvalue weighted by molar-refractivity contribution is 5.77. The number of carbonyl (C=O) groups is 2. The van der Waals surface area contributed by atoms with Crippen molar-refractivity contribution < 1.29 is 14.7 Å². The van der Waals surface area contributed by atoms with E-state index < -0.39 is 5.97 Å². The first-order chi connectivity index (χ1) is 11.1. The molecule has 1 amide bonds. The van der Waals surface area contributed by atoms with Crippen molar-refractivity contribution >= 4 is 11.9 Å². The summed E-state index contributed by atoms with van der Waals surface area (Å²) in [5.41, 5.74) is 0. The molecule has 4 heteroatoms. The summed E-state index contributed by atoms with van der Waals surface area (Å²) in [5.74, 6) is -0.693. The van der Waals surface area contributed by atoms with Crippen LogP contribution >= 0.6 is 0 Å². The Kier molecular flexibility index (Phi) is 15.1. The summed E-state index contributed by atoms with van der Waals surface area (Å²) >= 11 is 0. The summed E-state index contributed by atoms with van der Waals surface area (Å²) in [6, 6.07) is 0. The Balaban J connectivity index is 3.98. The van der Waals surface area contributed by atoms with Crippen molar-refractivity contribution in [1.29, 1.82) is 0 Å². The topological polar surface area (TPSA) is 57.6 Å². The molecule has 23 heavy (non-hydrogen) atoms. The first-order valence-electron chi connectivity index (χ1n) is 9.61. The lowest BCUT2D eigenvalue weighted by Crippen LogP contribution is -2.33. The molecule has 1 N–H and O–H groups in total. The van der Waals surface area contributed by atoms with Gasteiger partial charge in [0.15, 0.2) is 0 Å². The van der Waals surface area contributed by atoms with E-state index in [1.54, 1.807) is 4.90 Å². The van der Waals surface area contributed by atoms with Gasteiger partial charge < -0.3 is 10.0 Å². The fourth-order valence-corrected chi connectivity index (χ4v) is 2.71. The molecule has 0 radical (unpaired) electrons. The molecular weight excluding hydrogens is 290 g/mol. The normalized spacial score (nSPS) is 10.7. The third-order valence-corrected chi connectivity index (χ3v) is 4.22. The molecule has 0 heterocycles. The van der Waals surface area contributed by atoms with Crippen molar-refractivity contribution in [3.63, 3.8) is 0 Å². The SMILES string of the molecule is CCCCCCCCCN(CCC(=O)O)C(=O)CCCCCC. The predicted octanol–water partition coefficient (Wildman–Crippen LogP) is 5.01. The molecule has 0 aliphatic heterocycles. The van der Waals surface area contributed by atoms with Gasteiger partial charge >= 0.3 is 5.97 Å². The van der Waals surface area contributed by atoms with Gasteiger partial charge in [0, 0.05) is 19.5 Å². The van der Waals surface area contributed by atoms with Crippen LogP contribution in [0.2, 0.25) is 0 Å². The molecule has 0 bridgehead atoms. The van der Waals surface area contributed by atoms with Gasteiger partial charge in [-0.3, -0.25) is 9.59 Å². The van der Waals surface area contributed by atoms with E-state index >= 15 is 0 Å². The van der Waals surface area contributed by atoms with E-state index in [1.165, 1.54) is 38.5 Å². The van der Waals surface area contributed by atoms with Crippen LogP contribution in [0.15, 0.2) is 0 Å². The summed E-state index contributed by atoms with van der Waals surface area (Å²) in [6.07, 6.45) is 13.4. The Bertz CT molecular complexity index is 305. The van der Waals surface area contributed by atoms with E-state index in [1.807, 2.05) is 0 Å². The van der Waals surface area contributed by atoms with Gasteiger partial charge in [0.25, 0.3) is 0 Å². The number of unbranched alkanes of at least 4 members (excludes halogenated alkanes) is 9. The molecule has 0 unspecified atom stereocenters. The number of hydrogen-bond acceptors (Lipinski definition) is 2. The van der Waals surface area contributed by atoms with Crippen LogP contribution in [0.1, 0.15) is 97.3 Å². The second kappa shape index (κ2) is 15.8. The van der Waals surface area contributed by atoms with Gasteiger partial charge in [0.2, 0.25) is 5.91 Å². The highest BCUT2D eigenvalue weighted by atomic mass is 16.4. The Morgan fingerprint density at radius 3 is 1.78 bits per heavy atom. The molecule has 4 nitrogen and oxygen atoms in total. The fourth-order valence-electron chi connectivity index (χ4n) is 2.71. The minimum absolute atomic E-state index is 0.0528. The molecule has 0 aromatic rings. The number of aliphatic carboxylic acids is 1. The molecule has 0 aromatic heterocycles. The quantitative estimate of drug-likeness (QED) is 0.405. The maximum Gasteiger partial charge on any atom is 0.305 e. The first kappa shape index (κ1) is 21.9. The molecule has 0 aliphatic carbocycles. The second-order valence-electron chi connectivity index (χ2n) is 6.46. The molecule has 0 saturated carbocycles. The Hall–Kier alpha value is -1.06. The molecule has 136 valence electrons. The minimum Gasteiger partial charge on any atom is -0.481 e. The summed E-state index contributed by atoms with van der Waals surface area (Å²) in [7, 11) is 0. The zero-order chi connectivity index (χ0) is 17.3. The number of nitrogens with zero attached hydrogens (tertiary/aromatic N) is 1. The van der Waals surface area contributed by atoms with Gasteiger partial charge in [-0.05, 0) is 12.8 Å². The van der Waals surface area contributed by atoms with Crippen molar-refractivity contribution in [3.05, 3.63) is 0 Å². The molecule has 0 rings (SSSR count). The lowest BCUT2D eigenvalue weighted by atomic mass is 10.1. The summed E-state index contributed by atoms with van der Waals surface area (Å²) < 4.78 is 0. The lowest BCUT2D eigenvalue weighted by molar-refractivity contribution is -0.138. The minimum atomic E-state index is -0.826. The predicted molar refractivity (Wildman–Crippen MR) is 95.6 cm³/mol. The third-order valence-electron chi connectivity index (χ3n) is 4.22. The Morgan fingerprint density at radius 2 is 1.22 bits per heavy atom.